The van der Waals surface area contributed by atoms with E-state index in [2.05, 4.69) is 10.2 Å². The molecule has 0 bridgehead atoms. The molecule has 2 aliphatic rings. The fourth-order valence-electron chi connectivity index (χ4n) is 3.05. The minimum absolute atomic E-state index is 0. The van der Waals surface area contributed by atoms with Gasteiger partial charge in [-0.2, -0.15) is 0 Å². The molecule has 0 saturated carbocycles. The Morgan fingerprint density at radius 1 is 1.19 bits per heavy atom. The van der Waals surface area contributed by atoms with Gasteiger partial charge >= 0.3 is 0 Å². The first kappa shape index (κ1) is 16.2. The summed E-state index contributed by atoms with van der Waals surface area (Å²) in [5.41, 5.74) is 0.184. The molecule has 0 spiro atoms. The van der Waals surface area contributed by atoms with Gasteiger partial charge in [0.2, 0.25) is 0 Å². The van der Waals surface area contributed by atoms with Crippen molar-refractivity contribution >= 4 is 18.3 Å². The molecule has 1 unspecified atom stereocenters. The Bertz CT molecular complexity index is 486. The van der Waals surface area contributed by atoms with Crippen LogP contribution in [-0.4, -0.2) is 61.0 Å². The lowest BCUT2D eigenvalue weighted by atomic mass is 10.1. The van der Waals surface area contributed by atoms with Gasteiger partial charge in [0.05, 0.1) is 5.56 Å². The van der Waals surface area contributed by atoms with Crippen LogP contribution in [0.3, 0.4) is 0 Å². The van der Waals surface area contributed by atoms with Gasteiger partial charge in [-0.15, -0.1) is 12.4 Å². The molecule has 3 rings (SSSR count). The molecule has 1 aromatic rings. The van der Waals surface area contributed by atoms with E-state index in [-0.39, 0.29) is 23.9 Å². The lowest BCUT2D eigenvalue weighted by Crippen LogP contribution is -2.52. The Hall–Kier alpha value is -1.17. The number of halogens is 2. The maximum absolute atomic E-state index is 13.7. The average molecular weight is 314 g/mol. The average Bonchev–Trinajstić information content (AvgIpc) is 3.01. The van der Waals surface area contributed by atoms with E-state index in [1.54, 1.807) is 23.1 Å². The summed E-state index contributed by atoms with van der Waals surface area (Å²) in [7, 11) is 0. The Morgan fingerprint density at radius 3 is 2.52 bits per heavy atom. The van der Waals surface area contributed by atoms with E-state index in [4.69, 9.17) is 0 Å². The van der Waals surface area contributed by atoms with Gasteiger partial charge < -0.3 is 10.2 Å². The third-order valence-electron chi connectivity index (χ3n) is 4.26. The van der Waals surface area contributed by atoms with Gasteiger partial charge in [0, 0.05) is 38.8 Å². The summed E-state index contributed by atoms with van der Waals surface area (Å²) in [4.78, 5) is 16.5. The predicted octanol–water partition coefficient (Wildman–Crippen LogP) is 1.37. The molecular weight excluding hydrogens is 293 g/mol. The second-order valence-electron chi connectivity index (χ2n) is 5.45. The van der Waals surface area contributed by atoms with Crippen LogP contribution in [0.15, 0.2) is 24.3 Å². The molecular formula is C15H21ClFN3O. The molecule has 2 aliphatic heterocycles. The van der Waals surface area contributed by atoms with Crippen molar-refractivity contribution in [3.63, 3.8) is 0 Å². The SMILES string of the molecule is Cl.O=C(c1ccccc1F)N1CCN(C2CCNC2)CC1. The summed E-state index contributed by atoms with van der Waals surface area (Å²) in [5, 5.41) is 3.37. The van der Waals surface area contributed by atoms with Crippen molar-refractivity contribution in [3.8, 4) is 0 Å². The van der Waals surface area contributed by atoms with Gasteiger partial charge in [-0.25, -0.2) is 4.39 Å². The van der Waals surface area contributed by atoms with E-state index in [9.17, 15) is 9.18 Å². The van der Waals surface area contributed by atoms with E-state index in [0.29, 0.717) is 19.1 Å². The highest BCUT2D eigenvalue weighted by Crippen LogP contribution is 2.15. The number of benzene rings is 1. The molecule has 1 aromatic carbocycles. The topological polar surface area (TPSA) is 35.6 Å². The van der Waals surface area contributed by atoms with Crippen molar-refractivity contribution < 1.29 is 9.18 Å². The van der Waals surface area contributed by atoms with Crippen molar-refractivity contribution in [1.82, 2.24) is 15.1 Å². The zero-order valence-electron chi connectivity index (χ0n) is 11.9. The van der Waals surface area contributed by atoms with Gasteiger partial charge in [-0.05, 0) is 25.1 Å². The Labute approximate surface area is 130 Å². The number of nitrogens with zero attached hydrogens (tertiary/aromatic N) is 2. The number of rotatable bonds is 2. The van der Waals surface area contributed by atoms with Crippen molar-refractivity contribution in [2.45, 2.75) is 12.5 Å². The van der Waals surface area contributed by atoms with Crippen LogP contribution < -0.4 is 5.32 Å². The van der Waals surface area contributed by atoms with Crippen LogP contribution in [0.25, 0.3) is 0 Å². The van der Waals surface area contributed by atoms with Crippen LogP contribution in [0.2, 0.25) is 0 Å². The highest BCUT2D eigenvalue weighted by Gasteiger charge is 2.28. The molecule has 2 fully saturated rings. The fourth-order valence-corrected chi connectivity index (χ4v) is 3.05. The van der Waals surface area contributed by atoms with Gasteiger partial charge in [-0.3, -0.25) is 9.69 Å². The first-order valence-electron chi connectivity index (χ1n) is 7.24. The number of amides is 1. The second kappa shape index (κ2) is 7.20. The van der Waals surface area contributed by atoms with Crippen LogP contribution in [-0.2, 0) is 0 Å². The summed E-state index contributed by atoms with van der Waals surface area (Å²) < 4.78 is 13.7. The van der Waals surface area contributed by atoms with Gasteiger partial charge in [0.1, 0.15) is 5.82 Å². The van der Waals surface area contributed by atoms with E-state index in [1.807, 2.05) is 0 Å². The lowest BCUT2D eigenvalue weighted by Gasteiger charge is -2.37. The van der Waals surface area contributed by atoms with Crippen molar-refractivity contribution in [1.29, 1.82) is 0 Å². The number of nitrogens with one attached hydrogen (secondary N) is 1. The fraction of sp³-hybridized carbons (Fsp3) is 0.533. The molecule has 1 atom stereocenters. The maximum atomic E-state index is 13.7. The number of hydrogen-bond donors (Lipinski definition) is 1. The second-order valence-corrected chi connectivity index (χ2v) is 5.45. The minimum atomic E-state index is -0.431. The van der Waals surface area contributed by atoms with Gasteiger partial charge in [-0.1, -0.05) is 12.1 Å². The van der Waals surface area contributed by atoms with Gasteiger partial charge in [0.15, 0.2) is 0 Å². The molecule has 0 aliphatic carbocycles. The number of piperazine rings is 1. The first-order valence-corrected chi connectivity index (χ1v) is 7.24. The van der Waals surface area contributed by atoms with E-state index < -0.39 is 5.82 Å². The van der Waals surface area contributed by atoms with E-state index in [1.165, 1.54) is 12.5 Å². The summed E-state index contributed by atoms with van der Waals surface area (Å²) >= 11 is 0. The van der Waals surface area contributed by atoms with E-state index in [0.717, 1.165) is 26.2 Å². The Balaban J connectivity index is 0.00000161. The van der Waals surface area contributed by atoms with E-state index >= 15 is 0 Å². The van der Waals surface area contributed by atoms with Gasteiger partial charge in [0.25, 0.3) is 5.91 Å². The smallest absolute Gasteiger partial charge is 0.256 e. The highest BCUT2D eigenvalue weighted by molar-refractivity contribution is 5.94. The number of hydrogen-bond acceptors (Lipinski definition) is 3. The largest absolute Gasteiger partial charge is 0.336 e. The Kier molecular flexibility index (Phi) is 5.56. The summed E-state index contributed by atoms with van der Waals surface area (Å²) in [6.07, 6.45) is 1.18. The molecule has 1 amide bonds. The quantitative estimate of drug-likeness (QED) is 0.896. The van der Waals surface area contributed by atoms with Crippen LogP contribution in [0.1, 0.15) is 16.8 Å². The molecule has 1 N–H and O–H groups in total. The zero-order valence-corrected chi connectivity index (χ0v) is 12.7. The number of carbonyl (C=O) groups excluding carboxylic acids is 1. The minimum Gasteiger partial charge on any atom is -0.336 e. The summed E-state index contributed by atoms with van der Waals surface area (Å²) in [6.45, 7) is 5.26. The molecule has 6 heteroatoms. The standard InChI is InChI=1S/C15H20FN3O.ClH/c16-14-4-2-1-3-13(14)15(20)19-9-7-18(8-10-19)12-5-6-17-11-12;/h1-4,12,17H,5-11H2;1H. The third kappa shape index (κ3) is 3.54. The van der Waals surface area contributed by atoms with Crippen LogP contribution in [0.5, 0.6) is 0 Å². The van der Waals surface area contributed by atoms with Crippen LogP contribution in [0, 0.1) is 5.82 Å². The van der Waals surface area contributed by atoms with Crippen molar-refractivity contribution in [2.24, 2.45) is 0 Å². The van der Waals surface area contributed by atoms with Crippen molar-refractivity contribution in [3.05, 3.63) is 35.6 Å². The highest BCUT2D eigenvalue weighted by atomic mass is 35.5. The Morgan fingerprint density at radius 2 is 1.90 bits per heavy atom. The number of carbonyl (C=O) groups is 1. The normalized spacial score (nSPS) is 22.9. The summed E-state index contributed by atoms with van der Waals surface area (Å²) in [6, 6.07) is 6.81. The lowest BCUT2D eigenvalue weighted by molar-refractivity contribution is 0.0579. The molecule has 21 heavy (non-hydrogen) atoms. The molecule has 4 nitrogen and oxygen atoms in total. The first-order chi connectivity index (χ1) is 9.75. The predicted molar refractivity (Wildman–Crippen MR) is 82.4 cm³/mol. The van der Waals surface area contributed by atoms with Crippen LogP contribution in [0.4, 0.5) is 4.39 Å². The molecule has 0 radical (unpaired) electrons. The molecule has 2 heterocycles. The maximum Gasteiger partial charge on any atom is 0.256 e. The third-order valence-corrected chi connectivity index (χ3v) is 4.26. The molecule has 116 valence electrons. The zero-order chi connectivity index (χ0) is 13.9. The van der Waals surface area contributed by atoms with Crippen molar-refractivity contribution in [2.75, 3.05) is 39.3 Å². The monoisotopic (exact) mass is 313 g/mol. The molecule has 2 saturated heterocycles. The summed E-state index contributed by atoms with van der Waals surface area (Å²) in [5.74, 6) is -0.618. The molecule has 0 aromatic heterocycles. The van der Waals surface area contributed by atoms with Crippen LogP contribution >= 0.6 is 12.4 Å².